The molecule has 9 heteroatoms. The number of amides is 1. The second kappa shape index (κ2) is 7.38. The number of carbonyl (C=O) groups is 2. The number of hydrogen-bond donors (Lipinski definition) is 1. The highest BCUT2D eigenvalue weighted by atomic mass is 32.2. The molecule has 0 unspecified atom stereocenters. The summed E-state index contributed by atoms with van der Waals surface area (Å²) in [5, 5.41) is 6.58. The van der Waals surface area contributed by atoms with Gasteiger partial charge in [-0.1, -0.05) is 17.3 Å². The quantitative estimate of drug-likeness (QED) is 0.723. The molecule has 1 aromatic heterocycles. The molecule has 3 rings (SSSR count). The third-order valence-corrected chi connectivity index (χ3v) is 5.28. The van der Waals surface area contributed by atoms with Crippen LogP contribution in [-0.4, -0.2) is 49.6 Å². The number of sulfone groups is 1. The molecule has 8 nitrogen and oxygen atoms in total. The van der Waals surface area contributed by atoms with Crippen LogP contribution < -0.4 is 5.32 Å². The zero-order chi connectivity index (χ0) is 20.5. The third-order valence-electron chi connectivity index (χ3n) is 4.34. The van der Waals surface area contributed by atoms with Crippen molar-refractivity contribution in [3.05, 3.63) is 52.4 Å². The van der Waals surface area contributed by atoms with E-state index >= 15 is 0 Å². The van der Waals surface area contributed by atoms with Gasteiger partial charge in [0.2, 0.25) is 0 Å². The van der Waals surface area contributed by atoms with E-state index in [1.165, 1.54) is 0 Å². The molecule has 2 aromatic rings. The maximum absolute atomic E-state index is 12.3. The Morgan fingerprint density at radius 1 is 1.25 bits per heavy atom. The van der Waals surface area contributed by atoms with E-state index in [0.29, 0.717) is 35.4 Å². The molecule has 1 aliphatic heterocycles. The van der Waals surface area contributed by atoms with Crippen molar-refractivity contribution >= 4 is 21.7 Å². The fraction of sp³-hybridized carbons (Fsp3) is 0.421. The number of rotatable bonds is 6. The van der Waals surface area contributed by atoms with E-state index in [1.807, 2.05) is 13.8 Å². The lowest BCUT2D eigenvalue weighted by molar-refractivity contribution is -0.00700. The van der Waals surface area contributed by atoms with Gasteiger partial charge in [-0.05, 0) is 31.5 Å². The molecule has 150 valence electrons. The summed E-state index contributed by atoms with van der Waals surface area (Å²) in [4.78, 5) is 24.3. The van der Waals surface area contributed by atoms with Gasteiger partial charge in [-0.15, -0.1) is 0 Å². The monoisotopic (exact) mass is 406 g/mol. The normalized spacial score (nSPS) is 15.6. The first-order valence-corrected chi connectivity index (χ1v) is 10.9. The molecule has 0 radical (unpaired) electrons. The average molecular weight is 406 g/mol. The Kier molecular flexibility index (Phi) is 5.29. The highest BCUT2D eigenvalue weighted by Gasteiger charge is 2.37. The summed E-state index contributed by atoms with van der Waals surface area (Å²) in [7, 11) is -3.13. The van der Waals surface area contributed by atoms with Crippen molar-refractivity contribution < 1.29 is 27.3 Å². The molecule has 0 spiro atoms. The summed E-state index contributed by atoms with van der Waals surface area (Å²) < 4.78 is 33.0. The molecule has 0 aliphatic carbocycles. The lowest BCUT2D eigenvalue weighted by atomic mass is 9.94. The van der Waals surface area contributed by atoms with Crippen LogP contribution in [0.15, 0.2) is 28.8 Å². The van der Waals surface area contributed by atoms with Crippen molar-refractivity contribution in [1.82, 2.24) is 10.5 Å². The molecule has 0 bridgehead atoms. The first-order valence-electron chi connectivity index (χ1n) is 8.80. The Hall–Kier alpha value is -2.68. The van der Waals surface area contributed by atoms with Gasteiger partial charge < -0.3 is 14.6 Å². The summed E-state index contributed by atoms with van der Waals surface area (Å²) in [6, 6.07) is 6.77. The molecule has 1 amide bonds. The third kappa shape index (κ3) is 4.78. The van der Waals surface area contributed by atoms with Crippen LogP contribution in [-0.2, 0) is 27.4 Å². The summed E-state index contributed by atoms with van der Waals surface area (Å²) in [5.41, 5.74) is 1.62. The average Bonchev–Trinajstić information content (AvgIpc) is 2.95. The van der Waals surface area contributed by atoms with Crippen LogP contribution in [0.4, 0.5) is 0 Å². The maximum Gasteiger partial charge on any atom is 0.344 e. The predicted molar refractivity (Wildman–Crippen MR) is 101 cm³/mol. The fourth-order valence-electron chi connectivity index (χ4n) is 2.99. The van der Waals surface area contributed by atoms with Gasteiger partial charge in [0, 0.05) is 31.2 Å². The fourth-order valence-corrected chi connectivity index (χ4v) is 3.46. The Labute approximate surface area is 163 Å². The molecule has 0 saturated heterocycles. The van der Waals surface area contributed by atoms with E-state index < -0.39 is 21.4 Å². The van der Waals surface area contributed by atoms with Crippen molar-refractivity contribution in [2.45, 2.75) is 32.3 Å². The molecule has 0 atom stereocenters. The maximum atomic E-state index is 12.3. The van der Waals surface area contributed by atoms with Crippen molar-refractivity contribution in [1.29, 1.82) is 0 Å². The lowest BCUT2D eigenvalue weighted by Gasteiger charge is -2.28. The summed E-state index contributed by atoms with van der Waals surface area (Å²) >= 11 is 0. The van der Waals surface area contributed by atoms with Gasteiger partial charge in [0.1, 0.15) is 26.7 Å². The van der Waals surface area contributed by atoms with Crippen molar-refractivity contribution in [3.8, 4) is 0 Å². The van der Waals surface area contributed by atoms with E-state index in [9.17, 15) is 18.0 Å². The Bertz CT molecular complexity index is 1010. The largest absolute Gasteiger partial charge is 0.456 e. The molecule has 1 aromatic carbocycles. The second-order valence-electron chi connectivity index (χ2n) is 7.51. The standard InChI is InChI=1S/C19H22N2O6S/c1-19(2)11-14-16(18(23)26-19)15(27-21-14)10-12-4-6-13(7-5-12)17(22)20-8-9-28(3,24)25/h4-7H,8-11H2,1-3H3,(H,20,22). The van der Waals surface area contributed by atoms with Gasteiger partial charge in [-0.3, -0.25) is 4.79 Å². The van der Waals surface area contributed by atoms with Crippen LogP contribution in [0.2, 0.25) is 0 Å². The second-order valence-corrected chi connectivity index (χ2v) is 9.77. The molecule has 28 heavy (non-hydrogen) atoms. The van der Waals surface area contributed by atoms with Crippen molar-refractivity contribution in [2.24, 2.45) is 0 Å². The minimum absolute atomic E-state index is 0.0576. The molecule has 0 saturated carbocycles. The summed E-state index contributed by atoms with van der Waals surface area (Å²) in [6.07, 6.45) is 1.95. The number of nitrogens with one attached hydrogen (secondary N) is 1. The van der Waals surface area contributed by atoms with Gasteiger partial charge >= 0.3 is 5.97 Å². The van der Waals surface area contributed by atoms with E-state index in [1.54, 1.807) is 24.3 Å². The number of fused-ring (bicyclic) bond motifs is 1. The van der Waals surface area contributed by atoms with Gasteiger partial charge in [-0.2, -0.15) is 0 Å². The Morgan fingerprint density at radius 2 is 1.93 bits per heavy atom. The van der Waals surface area contributed by atoms with Crippen LogP contribution in [0.3, 0.4) is 0 Å². The van der Waals surface area contributed by atoms with Gasteiger partial charge in [0.05, 0.1) is 5.75 Å². The van der Waals surface area contributed by atoms with Gasteiger partial charge in [0.15, 0.2) is 5.76 Å². The number of carbonyl (C=O) groups excluding carboxylic acids is 2. The van der Waals surface area contributed by atoms with Crippen LogP contribution in [0, 0.1) is 0 Å². The number of nitrogens with zero attached hydrogens (tertiary/aromatic N) is 1. The number of benzene rings is 1. The molecular weight excluding hydrogens is 384 g/mol. The predicted octanol–water partition coefficient (Wildman–Crippen LogP) is 1.53. The minimum Gasteiger partial charge on any atom is -0.456 e. The number of esters is 1. The van der Waals surface area contributed by atoms with E-state index in [-0.39, 0.29) is 18.2 Å². The Morgan fingerprint density at radius 3 is 2.57 bits per heavy atom. The molecule has 1 N–H and O–H groups in total. The zero-order valence-corrected chi connectivity index (χ0v) is 16.8. The first-order chi connectivity index (χ1) is 13.0. The topological polar surface area (TPSA) is 116 Å². The van der Waals surface area contributed by atoms with Gasteiger partial charge in [0.25, 0.3) is 5.91 Å². The smallest absolute Gasteiger partial charge is 0.344 e. The van der Waals surface area contributed by atoms with Gasteiger partial charge in [-0.25, -0.2) is 13.2 Å². The van der Waals surface area contributed by atoms with Crippen LogP contribution in [0.25, 0.3) is 0 Å². The van der Waals surface area contributed by atoms with Crippen LogP contribution >= 0.6 is 0 Å². The highest BCUT2D eigenvalue weighted by molar-refractivity contribution is 7.90. The number of hydrogen-bond acceptors (Lipinski definition) is 7. The lowest BCUT2D eigenvalue weighted by Crippen LogP contribution is -2.36. The van der Waals surface area contributed by atoms with Crippen molar-refractivity contribution in [2.75, 3.05) is 18.6 Å². The molecular formula is C19H22N2O6S. The summed E-state index contributed by atoms with van der Waals surface area (Å²) in [6.45, 7) is 3.70. The van der Waals surface area contributed by atoms with E-state index in [2.05, 4.69) is 10.5 Å². The first kappa shape index (κ1) is 20.1. The SMILES string of the molecule is CC1(C)Cc2noc(Cc3ccc(C(=O)NCCS(C)(=O)=O)cc3)c2C(=O)O1. The summed E-state index contributed by atoms with van der Waals surface area (Å²) in [5.74, 6) is -0.469. The van der Waals surface area contributed by atoms with E-state index in [4.69, 9.17) is 9.26 Å². The molecule has 0 fully saturated rings. The molecule has 2 heterocycles. The van der Waals surface area contributed by atoms with Crippen LogP contribution in [0.5, 0.6) is 0 Å². The van der Waals surface area contributed by atoms with Crippen LogP contribution in [0.1, 0.15) is 51.6 Å². The number of cyclic esters (lactones) is 1. The number of aromatic nitrogens is 1. The zero-order valence-electron chi connectivity index (χ0n) is 15.9. The molecule has 1 aliphatic rings. The highest BCUT2D eigenvalue weighted by Crippen LogP contribution is 2.30. The minimum atomic E-state index is -3.13. The van der Waals surface area contributed by atoms with E-state index in [0.717, 1.165) is 11.8 Å². The Balaban J connectivity index is 1.67. The number of ether oxygens (including phenoxy) is 1. The van der Waals surface area contributed by atoms with Crippen molar-refractivity contribution in [3.63, 3.8) is 0 Å².